The van der Waals surface area contributed by atoms with Crippen LogP contribution < -0.4 is 15.4 Å². The average Bonchev–Trinajstić information content (AvgIpc) is 2.73. The summed E-state index contributed by atoms with van der Waals surface area (Å²) in [6, 6.07) is 18.1. The maximum atomic E-state index is 12.2. The Morgan fingerprint density at radius 1 is 1.14 bits per heavy atom. The highest BCUT2D eigenvalue weighted by Crippen LogP contribution is 2.18. The predicted molar refractivity (Wildman–Crippen MR) is 117 cm³/mol. The number of carbonyl (C=O) groups excluding carboxylic acids is 1. The first-order valence-corrected chi connectivity index (χ1v) is 10.1. The predicted octanol–water partition coefficient (Wildman–Crippen LogP) is 3.61. The number of aryl methyl sites for hydroxylation is 1. The maximum absolute atomic E-state index is 12.2. The standard InChI is InChI=1S/C22H27N3O2S/c1-27-20-9-5-8-19(16-20)24-22(28)25-14-12-18(13-15-25)23-21(26)11-10-17-6-3-2-4-7-17/h2-9,16,18H,10-15H2,1H3,(H,23,26)(H,24,28). The van der Waals surface area contributed by atoms with Gasteiger partial charge in [0.05, 0.1) is 7.11 Å². The van der Waals surface area contributed by atoms with Crippen molar-refractivity contribution < 1.29 is 9.53 Å². The highest BCUT2D eigenvalue weighted by molar-refractivity contribution is 7.80. The molecule has 1 amide bonds. The van der Waals surface area contributed by atoms with E-state index in [1.54, 1.807) is 7.11 Å². The van der Waals surface area contributed by atoms with Gasteiger partial charge in [-0.15, -0.1) is 0 Å². The first-order valence-electron chi connectivity index (χ1n) is 9.67. The van der Waals surface area contributed by atoms with E-state index in [1.807, 2.05) is 42.5 Å². The Morgan fingerprint density at radius 2 is 1.89 bits per heavy atom. The molecule has 28 heavy (non-hydrogen) atoms. The SMILES string of the molecule is COc1cccc(NC(=S)N2CCC(NC(=O)CCc3ccccc3)CC2)c1. The molecule has 1 aliphatic heterocycles. The van der Waals surface area contributed by atoms with Crippen LogP contribution >= 0.6 is 12.2 Å². The summed E-state index contributed by atoms with van der Waals surface area (Å²) in [5, 5.41) is 7.15. The van der Waals surface area contributed by atoms with E-state index in [0.717, 1.165) is 43.8 Å². The highest BCUT2D eigenvalue weighted by atomic mass is 32.1. The number of piperidine rings is 1. The van der Waals surface area contributed by atoms with Crippen molar-refractivity contribution in [3.63, 3.8) is 0 Å². The van der Waals surface area contributed by atoms with Crippen LogP contribution in [-0.2, 0) is 11.2 Å². The molecule has 0 aromatic heterocycles. The summed E-state index contributed by atoms with van der Waals surface area (Å²) in [6.07, 6.45) is 3.11. The molecule has 1 aliphatic rings. The number of rotatable bonds is 6. The molecule has 0 unspecified atom stereocenters. The van der Waals surface area contributed by atoms with Crippen molar-refractivity contribution in [1.82, 2.24) is 10.2 Å². The van der Waals surface area contributed by atoms with E-state index in [9.17, 15) is 4.79 Å². The summed E-state index contributed by atoms with van der Waals surface area (Å²) >= 11 is 5.54. The molecule has 1 fully saturated rings. The molecular weight excluding hydrogens is 370 g/mol. The monoisotopic (exact) mass is 397 g/mol. The molecule has 0 atom stereocenters. The number of carbonyl (C=O) groups is 1. The van der Waals surface area contributed by atoms with Gasteiger partial charge in [0.15, 0.2) is 5.11 Å². The normalized spacial score (nSPS) is 14.4. The van der Waals surface area contributed by atoms with Crippen LogP contribution in [0.3, 0.4) is 0 Å². The largest absolute Gasteiger partial charge is 0.497 e. The molecule has 0 bridgehead atoms. The molecule has 1 heterocycles. The maximum Gasteiger partial charge on any atom is 0.220 e. The second-order valence-electron chi connectivity index (χ2n) is 6.98. The zero-order valence-corrected chi connectivity index (χ0v) is 17.0. The molecule has 0 radical (unpaired) electrons. The van der Waals surface area contributed by atoms with Gasteiger partial charge in [-0.05, 0) is 49.2 Å². The third-order valence-electron chi connectivity index (χ3n) is 4.95. The minimum atomic E-state index is 0.124. The Balaban J connectivity index is 1.40. The number of ether oxygens (including phenoxy) is 1. The fourth-order valence-electron chi connectivity index (χ4n) is 3.33. The molecule has 5 nitrogen and oxygen atoms in total. The smallest absolute Gasteiger partial charge is 0.220 e. The number of nitrogens with zero attached hydrogens (tertiary/aromatic N) is 1. The van der Waals surface area contributed by atoms with E-state index in [2.05, 4.69) is 27.7 Å². The molecule has 2 aromatic carbocycles. The van der Waals surface area contributed by atoms with E-state index in [-0.39, 0.29) is 11.9 Å². The molecule has 6 heteroatoms. The Kier molecular flexibility index (Phi) is 7.25. The lowest BCUT2D eigenvalue weighted by Crippen LogP contribution is -2.47. The van der Waals surface area contributed by atoms with Gasteiger partial charge in [0.1, 0.15) is 5.75 Å². The van der Waals surface area contributed by atoms with Gasteiger partial charge in [0.25, 0.3) is 0 Å². The lowest BCUT2D eigenvalue weighted by Gasteiger charge is -2.34. The van der Waals surface area contributed by atoms with Crippen molar-refractivity contribution in [3.05, 3.63) is 60.2 Å². The van der Waals surface area contributed by atoms with Crippen molar-refractivity contribution >= 4 is 28.9 Å². The number of likely N-dealkylation sites (tertiary alicyclic amines) is 1. The van der Waals surface area contributed by atoms with Gasteiger partial charge in [-0.1, -0.05) is 36.4 Å². The highest BCUT2D eigenvalue weighted by Gasteiger charge is 2.22. The minimum absolute atomic E-state index is 0.124. The minimum Gasteiger partial charge on any atom is -0.497 e. The van der Waals surface area contributed by atoms with Crippen molar-refractivity contribution in [1.29, 1.82) is 0 Å². The van der Waals surface area contributed by atoms with Crippen molar-refractivity contribution in [2.45, 2.75) is 31.7 Å². The first-order chi connectivity index (χ1) is 13.6. The van der Waals surface area contributed by atoms with Crippen LogP contribution in [0.15, 0.2) is 54.6 Å². The zero-order valence-electron chi connectivity index (χ0n) is 16.2. The first kappa shape index (κ1) is 20.1. The molecule has 0 spiro atoms. The van der Waals surface area contributed by atoms with E-state index in [4.69, 9.17) is 17.0 Å². The van der Waals surface area contributed by atoms with E-state index < -0.39 is 0 Å². The van der Waals surface area contributed by atoms with Gasteiger partial charge in [-0.2, -0.15) is 0 Å². The molecular formula is C22H27N3O2S. The number of amides is 1. The summed E-state index contributed by atoms with van der Waals surface area (Å²) in [5.41, 5.74) is 2.11. The Labute approximate surface area is 172 Å². The lowest BCUT2D eigenvalue weighted by molar-refractivity contribution is -0.122. The summed E-state index contributed by atoms with van der Waals surface area (Å²) in [7, 11) is 1.65. The van der Waals surface area contributed by atoms with E-state index in [1.165, 1.54) is 5.56 Å². The van der Waals surface area contributed by atoms with Crippen LogP contribution in [0.2, 0.25) is 0 Å². The van der Waals surface area contributed by atoms with Crippen LogP contribution in [0.1, 0.15) is 24.8 Å². The topological polar surface area (TPSA) is 53.6 Å². The van der Waals surface area contributed by atoms with Crippen molar-refractivity contribution in [3.8, 4) is 5.75 Å². The lowest BCUT2D eigenvalue weighted by atomic mass is 10.0. The van der Waals surface area contributed by atoms with Gasteiger partial charge < -0.3 is 20.3 Å². The molecule has 0 aliphatic carbocycles. The number of methoxy groups -OCH3 is 1. The number of hydrogen-bond donors (Lipinski definition) is 2. The van der Waals surface area contributed by atoms with E-state index >= 15 is 0 Å². The average molecular weight is 398 g/mol. The molecule has 2 N–H and O–H groups in total. The van der Waals surface area contributed by atoms with Crippen LogP contribution in [0, 0.1) is 0 Å². The van der Waals surface area contributed by atoms with Gasteiger partial charge in [0, 0.05) is 37.3 Å². The van der Waals surface area contributed by atoms with Crippen LogP contribution in [0.5, 0.6) is 5.75 Å². The molecule has 0 saturated carbocycles. The second-order valence-corrected chi connectivity index (χ2v) is 7.36. The fraction of sp³-hybridized carbons (Fsp3) is 0.364. The van der Waals surface area contributed by atoms with Crippen LogP contribution in [-0.4, -0.2) is 42.2 Å². The van der Waals surface area contributed by atoms with Crippen molar-refractivity contribution in [2.75, 3.05) is 25.5 Å². The quantitative estimate of drug-likeness (QED) is 0.730. The third kappa shape index (κ3) is 5.96. The zero-order chi connectivity index (χ0) is 19.8. The molecule has 148 valence electrons. The second kappa shape index (κ2) is 10.1. The molecule has 3 rings (SSSR count). The Hall–Kier alpha value is -2.60. The summed E-state index contributed by atoms with van der Waals surface area (Å²) < 4.78 is 5.24. The third-order valence-corrected chi connectivity index (χ3v) is 5.31. The van der Waals surface area contributed by atoms with Crippen LogP contribution in [0.25, 0.3) is 0 Å². The van der Waals surface area contributed by atoms with E-state index in [0.29, 0.717) is 11.5 Å². The van der Waals surface area contributed by atoms with Gasteiger partial charge in [-0.25, -0.2) is 0 Å². The Morgan fingerprint density at radius 3 is 2.61 bits per heavy atom. The number of anilines is 1. The molecule has 1 saturated heterocycles. The number of benzene rings is 2. The number of thiocarbonyl (C=S) groups is 1. The number of nitrogens with one attached hydrogen (secondary N) is 2. The van der Waals surface area contributed by atoms with Gasteiger partial charge >= 0.3 is 0 Å². The summed E-state index contributed by atoms with van der Waals surface area (Å²) in [5.74, 6) is 0.920. The van der Waals surface area contributed by atoms with Crippen molar-refractivity contribution in [2.24, 2.45) is 0 Å². The summed E-state index contributed by atoms with van der Waals surface area (Å²) in [4.78, 5) is 14.4. The number of hydrogen-bond acceptors (Lipinski definition) is 3. The Bertz CT molecular complexity index is 789. The van der Waals surface area contributed by atoms with Gasteiger partial charge in [0.2, 0.25) is 5.91 Å². The van der Waals surface area contributed by atoms with Crippen LogP contribution in [0.4, 0.5) is 5.69 Å². The summed E-state index contributed by atoms with van der Waals surface area (Å²) in [6.45, 7) is 1.67. The fourth-order valence-corrected chi connectivity index (χ4v) is 3.63. The molecule has 2 aromatic rings. The van der Waals surface area contributed by atoms with Gasteiger partial charge in [-0.3, -0.25) is 4.79 Å².